The number of hydrogen-bond donors (Lipinski definition) is 2. The van der Waals surface area contributed by atoms with E-state index < -0.39 is 0 Å². The number of para-hydroxylation sites is 1. The topological polar surface area (TPSA) is 73.6 Å². The smallest absolute Gasteiger partial charge is 0.191 e. The van der Waals surface area contributed by atoms with Gasteiger partial charge in [0.2, 0.25) is 0 Å². The van der Waals surface area contributed by atoms with E-state index in [-0.39, 0.29) is 0 Å². The van der Waals surface area contributed by atoms with Gasteiger partial charge in [-0.15, -0.1) is 10.2 Å². The van der Waals surface area contributed by atoms with Crippen molar-refractivity contribution >= 4 is 11.6 Å². The summed E-state index contributed by atoms with van der Waals surface area (Å²) in [5.74, 6) is 3.20. The summed E-state index contributed by atoms with van der Waals surface area (Å²) in [6.45, 7) is 13.3. The van der Waals surface area contributed by atoms with E-state index in [0.717, 1.165) is 50.2 Å². The molecule has 2 aromatic rings. The van der Waals surface area contributed by atoms with Gasteiger partial charge < -0.3 is 20.1 Å². The average molecular weight is 441 g/mol. The van der Waals surface area contributed by atoms with Gasteiger partial charge in [-0.3, -0.25) is 4.90 Å². The fourth-order valence-corrected chi connectivity index (χ4v) is 4.02. The van der Waals surface area contributed by atoms with Crippen molar-refractivity contribution in [3.8, 4) is 0 Å². The van der Waals surface area contributed by atoms with E-state index in [1.165, 1.54) is 5.69 Å². The third kappa shape index (κ3) is 6.45. The molecule has 2 atom stereocenters. The minimum Gasteiger partial charge on any atom is -0.375 e. The first-order chi connectivity index (χ1) is 15.3. The molecule has 2 unspecified atom stereocenters. The molecule has 3 rings (SSSR count). The van der Waals surface area contributed by atoms with Crippen molar-refractivity contribution in [1.29, 1.82) is 0 Å². The van der Waals surface area contributed by atoms with Crippen molar-refractivity contribution in [3.63, 3.8) is 0 Å². The summed E-state index contributed by atoms with van der Waals surface area (Å²) in [7, 11) is 4.12. The van der Waals surface area contributed by atoms with Gasteiger partial charge >= 0.3 is 0 Å². The molecule has 0 spiro atoms. The molecule has 1 aromatic carbocycles. The predicted octanol–water partition coefficient (Wildman–Crippen LogP) is 2.41. The van der Waals surface area contributed by atoms with Gasteiger partial charge in [-0.25, -0.2) is 4.99 Å². The zero-order valence-corrected chi connectivity index (χ0v) is 20.5. The standard InChI is InChI=1S/C24H40N8/c1-18(2)32-16-19(3)22(17-32)27-24(26-15-23-29-28-20(4)31(23)6)25-13-10-14-30(5)21-11-8-7-9-12-21/h7-9,11-12,18-19,22H,10,13-17H2,1-6H3,(H2,25,26,27). The Balaban J connectivity index is 1.58. The Morgan fingerprint density at radius 2 is 1.97 bits per heavy atom. The number of nitrogens with one attached hydrogen (secondary N) is 2. The first kappa shape index (κ1) is 24.0. The van der Waals surface area contributed by atoms with Gasteiger partial charge in [0.05, 0.1) is 0 Å². The highest BCUT2D eigenvalue weighted by Crippen LogP contribution is 2.18. The average Bonchev–Trinajstić information content (AvgIpc) is 3.31. The van der Waals surface area contributed by atoms with Crippen molar-refractivity contribution in [2.75, 3.05) is 38.1 Å². The first-order valence-corrected chi connectivity index (χ1v) is 11.7. The van der Waals surface area contributed by atoms with E-state index >= 15 is 0 Å². The number of hydrogen-bond acceptors (Lipinski definition) is 5. The Morgan fingerprint density at radius 3 is 2.59 bits per heavy atom. The summed E-state index contributed by atoms with van der Waals surface area (Å²) in [5, 5.41) is 15.7. The highest BCUT2D eigenvalue weighted by atomic mass is 15.3. The summed E-state index contributed by atoms with van der Waals surface area (Å²) in [6, 6.07) is 11.5. The van der Waals surface area contributed by atoms with E-state index in [9.17, 15) is 0 Å². The number of anilines is 1. The molecule has 176 valence electrons. The molecule has 1 aliphatic rings. The molecule has 0 amide bonds. The Kier molecular flexibility index (Phi) is 8.50. The Morgan fingerprint density at radius 1 is 1.22 bits per heavy atom. The largest absolute Gasteiger partial charge is 0.375 e. The highest BCUT2D eigenvalue weighted by molar-refractivity contribution is 5.80. The first-order valence-electron chi connectivity index (χ1n) is 11.7. The lowest BCUT2D eigenvalue weighted by Crippen LogP contribution is -2.47. The fraction of sp³-hybridized carbons (Fsp3) is 0.625. The lowest BCUT2D eigenvalue weighted by Gasteiger charge is -2.23. The molecule has 0 radical (unpaired) electrons. The summed E-state index contributed by atoms with van der Waals surface area (Å²) in [6.07, 6.45) is 1.02. The van der Waals surface area contributed by atoms with Crippen LogP contribution < -0.4 is 15.5 Å². The lowest BCUT2D eigenvalue weighted by atomic mass is 10.1. The molecule has 0 bridgehead atoms. The second kappa shape index (κ2) is 11.3. The molecular weight excluding hydrogens is 400 g/mol. The van der Waals surface area contributed by atoms with Crippen LogP contribution in [-0.4, -0.2) is 70.9 Å². The zero-order chi connectivity index (χ0) is 23.1. The second-order valence-electron chi connectivity index (χ2n) is 9.20. The summed E-state index contributed by atoms with van der Waals surface area (Å²) in [5.41, 5.74) is 1.24. The van der Waals surface area contributed by atoms with E-state index in [1.54, 1.807) is 0 Å². The van der Waals surface area contributed by atoms with Gasteiger partial charge in [0.1, 0.15) is 12.4 Å². The minimum atomic E-state index is 0.386. The maximum absolute atomic E-state index is 4.85. The molecule has 2 heterocycles. The quantitative estimate of drug-likeness (QED) is 0.354. The van der Waals surface area contributed by atoms with Crippen LogP contribution in [0.2, 0.25) is 0 Å². The van der Waals surface area contributed by atoms with Crippen molar-refractivity contribution in [3.05, 3.63) is 42.0 Å². The van der Waals surface area contributed by atoms with Gasteiger partial charge in [0, 0.05) is 58.0 Å². The van der Waals surface area contributed by atoms with Crippen molar-refractivity contribution in [2.45, 2.75) is 52.7 Å². The van der Waals surface area contributed by atoms with Gasteiger partial charge in [0.15, 0.2) is 11.8 Å². The van der Waals surface area contributed by atoms with E-state index in [1.807, 2.05) is 18.5 Å². The van der Waals surface area contributed by atoms with Gasteiger partial charge in [-0.05, 0) is 45.2 Å². The van der Waals surface area contributed by atoms with E-state index in [2.05, 4.69) is 88.8 Å². The normalized spacial score (nSPS) is 19.5. The van der Waals surface area contributed by atoms with Crippen LogP contribution in [0.4, 0.5) is 5.69 Å². The molecule has 2 N–H and O–H groups in total. The number of aliphatic imine (C=N–C) groups is 1. The van der Waals surface area contributed by atoms with Crippen LogP contribution in [0.1, 0.15) is 38.8 Å². The Bertz CT molecular complexity index is 860. The Labute approximate surface area is 193 Å². The third-order valence-corrected chi connectivity index (χ3v) is 6.41. The van der Waals surface area contributed by atoms with E-state index in [0.29, 0.717) is 24.5 Å². The molecule has 0 aliphatic carbocycles. The number of guanidine groups is 1. The molecule has 8 nitrogen and oxygen atoms in total. The van der Waals surface area contributed by atoms with Crippen LogP contribution in [0.5, 0.6) is 0 Å². The van der Waals surface area contributed by atoms with Crippen LogP contribution in [0.15, 0.2) is 35.3 Å². The van der Waals surface area contributed by atoms with Crippen LogP contribution in [-0.2, 0) is 13.6 Å². The number of benzene rings is 1. The van der Waals surface area contributed by atoms with Crippen LogP contribution >= 0.6 is 0 Å². The van der Waals surface area contributed by atoms with Crippen LogP contribution in [0.25, 0.3) is 0 Å². The zero-order valence-electron chi connectivity index (χ0n) is 20.5. The molecule has 1 aromatic heterocycles. The number of likely N-dealkylation sites (tertiary alicyclic amines) is 1. The number of nitrogens with zero attached hydrogens (tertiary/aromatic N) is 6. The van der Waals surface area contributed by atoms with E-state index in [4.69, 9.17) is 4.99 Å². The SMILES string of the molecule is Cc1nnc(CN=C(NCCCN(C)c2ccccc2)NC2CN(C(C)C)CC2C)n1C. The van der Waals surface area contributed by atoms with Gasteiger partial charge in [0.25, 0.3) is 0 Å². The minimum absolute atomic E-state index is 0.386. The van der Waals surface area contributed by atoms with Crippen molar-refractivity contribution < 1.29 is 0 Å². The maximum Gasteiger partial charge on any atom is 0.191 e. The maximum atomic E-state index is 4.85. The molecule has 0 saturated carbocycles. The Hall–Kier alpha value is -2.61. The number of aromatic nitrogens is 3. The van der Waals surface area contributed by atoms with Gasteiger partial charge in [-0.1, -0.05) is 25.1 Å². The van der Waals surface area contributed by atoms with Gasteiger partial charge in [-0.2, -0.15) is 0 Å². The van der Waals surface area contributed by atoms with Crippen molar-refractivity contribution in [2.24, 2.45) is 18.0 Å². The fourth-order valence-electron chi connectivity index (χ4n) is 4.02. The predicted molar refractivity (Wildman–Crippen MR) is 132 cm³/mol. The summed E-state index contributed by atoms with van der Waals surface area (Å²) < 4.78 is 1.99. The number of rotatable bonds is 9. The second-order valence-corrected chi connectivity index (χ2v) is 9.20. The molecule has 8 heteroatoms. The monoisotopic (exact) mass is 440 g/mol. The lowest BCUT2D eigenvalue weighted by molar-refractivity contribution is 0.265. The van der Waals surface area contributed by atoms with Crippen LogP contribution in [0, 0.1) is 12.8 Å². The van der Waals surface area contributed by atoms with Crippen LogP contribution in [0.3, 0.4) is 0 Å². The molecule has 1 aliphatic heterocycles. The summed E-state index contributed by atoms with van der Waals surface area (Å²) in [4.78, 5) is 9.66. The molecule has 1 fully saturated rings. The molecular formula is C24H40N8. The third-order valence-electron chi connectivity index (χ3n) is 6.41. The molecule has 1 saturated heterocycles. The highest BCUT2D eigenvalue weighted by Gasteiger charge is 2.31. The number of aryl methyl sites for hydroxylation is 1. The van der Waals surface area contributed by atoms with Crippen molar-refractivity contribution in [1.82, 2.24) is 30.3 Å². The molecule has 32 heavy (non-hydrogen) atoms. The summed E-state index contributed by atoms with van der Waals surface area (Å²) >= 11 is 0.